The molecule has 0 atom stereocenters. The van der Waals surface area contributed by atoms with E-state index in [-0.39, 0.29) is 5.56 Å². The molecule has 1 aromatic heterocycles. The van der Waals surface area contributed by atoms with Gasteiger partial charge in [-0.1, -0.05) is 35.4 Å². The minimum Gasteiger partial charge on any atom is -0.253 e. The highest BCUT2D eigenvalue weighted by molar-refractivity contribution is 7.14. The van der Waals surface area contributed by atoms with E-state index >= 15 is 0 Å². The summed E-state index contributed by atoms with van der Waals surface area (Å²) in [5.74, 6) is -0.413. The number of anilines is 1. The SMILES string of the molecule is Cc1cc(C)c(-c2csc(N/N=C\c3c(F)cccc3Cl)n2)c(C)c1. The number of nitrogens with one attached hydrogen (secondary N) is 1. The lowest BCUT2D eigenvalue weighted by Gasteiger charge is -2.08. The van der Waals surface area contributed by atoms with Gasteiger partial charge in [0.05, 0.1) is 16.9 Å². The monoisotopic (exact) mass is 373 g/mol. The van der Waals surface area contributed by atoms with Crippen LogP contribution in [0.3, 0.4) is 0 Å². The fourth-order valence-electron chi connectivity index (χ4n) is 2.81. The van der Waals surface area contributed by atoms with Crippen molar-refractivity contribution in [3.05, 3.63) is 68.8 Å². The number of rotatable bonds is 4. The topological polar surface area (TPSA) is 37.3 Å². The van der Waals surface area contributed by atoms with Gasteiger partial charge < -0.3 is 0 Å². The van der Waals surface area contributed by atoms with E-state index in [1.54, 1.807) is 12.1 Å². The van der Waals surface area contributed by atoms with E-state index < -0.39 is 5.82 Å². The Labute approximate surface area is 155 Å². The van der Waals surface area contributed by atoms with Crippen molar-refractivity contribution >= 4 is 34.3 Å². The van der Waals surface area contributed by atoms with E-state index in [1.807, 2.05) is 5.38 Å². The largest absolute Gasteiger partial charge is 0.253 e. The molecule has 0 unspecified atom stereocenters. The number of halogens is 2. The van der Waals surface area contributed by atoms with Gasteiger partial charge in [-0.15, -0.1) is 11.3 Å². The summed E-state index contributed by atoms with van der Waals surface area (Å²) in [6.07, 6.45) is 1.36. The van der Waals surface area contributed by atoms with Crippen molar-refractivity contribution < 1.29 is 4.39 Å². The van der Waals surface area contributed by atoms with Crippen LogP contribution in [0.25, 0.3) is 11.3 Å². The highest BCUT2D eigenvalue weighted by Crippen LogP contribution is 2.31. The van der Waals surface area contributed by atoms with Gasteiger partial charge >= 0.3 is 0 Å². The summed E-state index contributed by atoms with van der Waals surface area (Å²) in [5.41, 5.74) is 8.74. The Kier molecular flexibility index (Phi) is 5.16. The normalized spacial score (nSPS) is 11.2. The number of nitrogens with zero attached hydrogens (tertiary/aromatic N) is 2. The molecule has 3 aromatic rings. The Hall–Kier alpha value is -2.24. The van der Waals surface area contributed by atoms with Crippen LogP contribution in [0.5, 0.6) is 0 Å². The Bertz CT molecular complexity index is 906. The van der Waals surface area contributed by atoms with Crippen molar-refractivity contribution in [2.24, 2.45) is 5.10 Å². The van der Waals surface area contributed by atoms with E-state index in [9.17, 15) is 4.39 Å². The molecule has 0 fully saturated rings. The van der Waals surface area contributed by atoms with Crippen LogP contribution in [-0.4, -0.2) is 11.2 Å². The van der Waals surface area contributed by atoms with E-state index in [1.165, 1.54) is 40.3 Å². The number of hydrogen-bond donors (Lipinski definition) is 1. The zero-order chi connectivity index (χ0) is 18.0. The molecule has 0 aliphatic carbocycles. The van der Waals surface area contributed by atoms with Crippen LogP contribution < -0.4 is 5.43 Å². The van der Waals surface area contributed by atoms with Crippen LogP contribution in [0.15, 0.2) is 40.8 Å². The molecule has 1 N–H and O–H groups in total. The third-order valence-corrected chi connectivity index (χ3v) is 4.87. The van der Waals surface area contributed by atoms with Crippen LogP contribution in [0, 0.1) is 26.6 Å². The van der Waals surface area contributed by atoms with E-state index in [2.05, 4.69) is 48.4 Å². The van der Waals surface area contributed by atoms with Gasteiger partial charge in [0.2, 0.25) is 5.13 Å². The van der Waals surface area contributed by atoms with E-state index in [0.29, 0.717) is 10.2 Å². The molecule has 0 aliphatic rings. The number of thiazole rings is 1. The molecule has 1 heterocycles. The van der Waals surface area contributed by atoms with Crippen LogP contribution in [-0.2, 0) is 0 Å². The number of hydrogen-bond acceptors (Lipinski definition) is 4. The van der Waals surface area contributed by atoms with Crippen molar-refractivity contribution in [2.45, 2.75) is 20.8 Å². The summed E-state index contributed by atoms with van der Waals surface area (Å²) >= 11 is 7.42. The molecule has 0 radical (unpaired) electrons. The van der Waals surface area contributed by atoms with Gasteiger partial charge in [0.1, 0.15) is 5.82 Å². The van der Waals surface area contributed by atoms with Gasteiger partial charge in [-0.25, -0.2) is 9.37 Å². The van der Waals surface area contributed by atoms with Crippen molar-refractivity contribution in [3.63, 3.8) is 0 Å². The number of hydrazone groups is 1. The van der Waals surface area contributed by atoms with Crippen LogP contribution in [0.4, 0.5) is 9.52 Å². The predicted octanol–water partition coefficient (Wildman–Crippen LogP) is 5.97. The Morgan fingerprint density at radius 3 is 2.60 bits per heavy atom. The highest BCUT2D eigenvalue weighted by Gasteiger charge is 2.10. The standard InChI is InChI=1S/C19H17ClFN3S/c1-11-7-12(2)18(13(3)8-11)17-10-25-19(23-17)24-22-9-14-15(20)5-4-6-16(14)21/h4-10H,1-3H3,(H,23,24)/b22-9-. The lowest BCUT2D eigenvalue weighted by molar-refractivity contribution is 0.626. The molecule has 0 spiro atoms. The molecule has 0 saturated heterocycles. The number of benzene rings is 2. The Balaban J connectivity index is 1.80. The van der Waals surface area contributed by atoms with Crippen LogP contribution >= 0.6 is 22.9 Å². The summed E-state index contributed by atoms with van der Waals surface area (Å²) in [6, 6.07) is 8.82. The van der Waals surface area contributed by atoms with Crippen molar-refractivity contribution in [1.29, 1.82) is 0 Å². The summed E-state index contributed by atoms with van der Waals surface area (Å²) in [4.78, 5) is 4.57. The molecule has 0 saturated carbocycles. The van der Waals surface area contributed by atoms with Crippen LogP contribution in [0.2, 0.25) is 5.02 Å². The maximum atomic E-state index is 13.7. The summed E-state index contributed by atoms with van der Waals surface area (Å²) < 4.78 is 13.7. The zero-order valence-corrected chi connectivity index (χ0v) is 15.7. The number of aryl methyl sites for hydroxylation is 3. The van der Waals surface area contributed by atoms with Crippen molar-refractivity contribution in [2.75, 3.05) is 5.43 Å². The third-order valence-electron chi connectivity index (χ3n) is 3.79. The third kappa shape index (κ3) is 3.89. The van der Waals surface area contributed by atoms with Crippen molar-refractivity contribution in [1.82, 2.24) is 4.98 Å². The average Bonchev–Trinajstić information content (AvgIpc) is 2.97. The number of aromatic nitrogens is 1. The minimum absolute atomic E-state index is 0.249. The fraction of sp³-hybridized carbons (Fsp3) is 0.158. The summed E-state index contributed by atoms with van der Waals surface area (Å²) in [6.45, 7) is 6.25. The molecule has 2 aromatic carbocycles. The summed E-state index contributed by atoms with van der Waals surface area (Å²) in [7, 11) is 0. The average molecular weight is 374 g/mol. The lowest BCUT2D eigenvalue weighted by Crippen LogP contribution is -1.94. The summed E-state index contributed by atoms with van der Waals surface area (Å²) in [5, 5.41) is 6.99. The first kappa shape index (κ1) is 17.6. The molecular weight excluding hydrogens is 357 g/mol. The van der Waals surface area contributed by atoms with E-state index in [0.717, 1.165) is 11.3 Å². The van der Waals surface area contributed by atoms with Gasteiger partial charge in [0, 0.05) is 16.5 Å². The second kappa shape index (κ2) is 7.33. The Morgan fingerprint density at radius 2 is 1.92 bits per heavy atom. The lowest BCUT2D eigenvalue weighted by atomic mass is 9.98. The molecule has 0 amide bonds. The van der Waals surface area contributed by atoms with Gasteiger partial charge in [0.15, 0.2) is 0 Å². The highest BCUT2D eigenvalue weighted by atomic mass is 35.5. The smallest absolute Gasteiger partial charge is 0.203 e. The fourth-order valence-corrected chi connectivity index (χ4v) is 3.67. The minimum atomic E-state index is -0.413. The maximum absolute atomic E-state index is 13.7. The van der Waals surface area contributed by atoms with Gasteiger partial charge in [-0.2, -0.15) is 5.10 Å². The first-order chi connectivity index (χ1) is 12.0. The quantitative estimate of drug-likeness (QED) is 0.451. The second-order valence-electron chi connectivity index (χ2n) is 5.82. The molecular formula is C19H17ClFN3S. The maximum Gasteiger partial charge on any atom is 0.203 e. The predicted molar refractivity (Wildman–Crippen MR) is 104 cm³/mol. The molecule has 3 nitrogen and oxygen atoms in total. The molecule has 0 bridgehead atoms. The molecule has 128 valence electrons. The van der Waals surface area contributed by atoms with Gasteiger partial charge in [-0.05, 0) is 44.0 Å². The van der Waals surface area contributed by atoms with E-state index in [4.69, 9.17) is 11.6 Å². The molecule has 25 heavy (non-hydrogen) atoms. The van der Waals surface area contributed by atoms with Crippen LogP contribution in [0.1, 0.15) is 22.3 Å². The van der Waals surface area contributed by atoms with Gasteiger partial charge in [-0.3, -0.25) is 5.43 Å². The first-order valence-electron chi connectivity index (χ1n) is 7.72. The van der Waals surface area contributed by atoms with Gasteiger partial charge in [0.25, 0.3) is 0 Å². The first-order valence-corrected chi connectivity index (χ1v) is 8.98. The Morgan fingerprint density at radius 1 is 1.20 bits per heavy atom. The molecule has 6 heteroatoms. The van der Waals surface area contributed by atoms with Crippen molar-refractivity contribution in [3.8, 4) is 11.3 Å². The molecule has 3 rings (SSSR count). The zero-order valence-electron chi connectivity index (χ0n) is 14.1. The second-order valence-corrected chi connectivity index (χ2v) is 7.08. The molecule has 0 aliphatic heterocycles.